The zero-order valence-corrected chi connectivity index (χ0v) is 16.0. The fraction of sp³-hybridized carbons (Fsp3) is 0.188. The summed E-state index contributed by atoms with van der Waals surface area (Å²) in [5, 5.41) is 2.64. The molecule has 0 atom stereocenters. The maximum Gasteiger partial charge on any atom is 0.446 e. The SMILES string of the molecule is O=C(NCCNS(=O)(=O)c1cccc(Cl)c1)c1ccccc1SC(F)(F)F. The molecule has 27 heavy (non-hydrogen) atoms. The molecular formula is C16H14ClF3N2O3S2. The lowest BCUT2D eigenvalue weighted by atomic mass is 10.2. The number of alkyl halides is 3. The van der Waals surface area contributed by atoms with Crippen LogP contribution in [-0.4, -0.2) is 32.9 Å². The van der Waals surface area contributed by atoms with Crippen molar-refractivity contribution in [3.05, 3.63) is 59.1 Å². The van der Waals surface area contributed by atoms with Gasteiger partial charge in [-0.1, -0.05) is 29.8 Å². The first-order chi connectivity index (χ1) is 12.6. The maximum absolute atomic E-state index is 12.6. The van der Waals surface area contributed by atoms with Crippen molar-refractivity contribution < 1.29 is 26.4 Å². The molecule has 0 heterocycles. The highest BCUT2D eigenvalue weighted by Crippen LogP contribution is 2.38. The van der Waals surface area contributed by atoms with Crippen molar-refractivity contribution in [3.63, 3.8) is 0 Å². The van der Waals surface area contributed by atoms with E-state index in [0.29, 0.717) is 0 Å². The average Bonchev–Trinajstić information content (AvgIpc) is 2.57. The van der Waals surface area contributed by atoms with Gasteiger partial charge < -0.3 is 5.32 Å². The Hall–Kier alpha value is -1.75. The van der Waals surface area contributed by atoms with Crippen LogP contribution in [0, 0.1) is 0 Å². The van der Waals surface area contributed by atoms with Gasteiger partial charge in [-0.3, -0.25) is 4.79 Å². The number of thioether (sulfide) groups is 1. The highest BCUT2D eigenvalue weighted by molar-refractivity contribution is 8.00. The molecule has 2 rings (SSSR count). The number of halogens is 4. The average molecular weight is 439 g/mol. The standard InChI is InChI=1S/C16H14ClF3N2O3S2/c17-11-4-3-5-12(10-11)27(24,25)22-9-8-21-15(23)13-6-1-2-7-14(13)26-16(18,19)20/h1-7,10,22H,8-9H2,(H,21,23). The van der Waals surface area contributed by atoms with Gasteiger partial charge in [-0.15, -0.1) is 0 Å². The summed E-state index contributed by atoms with van der Waals surface area (Å²) >= 11 is 5.36. The third kappa shape index (κ3) is 6.73. The molecule has 0 radical (unpaired) electrons. The molecular weight excluding hydrogens is 425 g/mol. The minimum atomic E-state index is -4.52. The summed E-state index contributed by atoms with van der Waals surface area (Å²) in [4.78, 5) is 11.8. The van der Waals surface area contributed by atoms with Crippen molar-refractivity contribution in [2.24, 2.45) is 0 Å². The van der Waals surface area contributed by atoms with Crippen LogP contribution in [0.2, 0.25) is 5.02 Å². The van der Waals surface area contributed by atoms with Crippen LogP contribution in [0.15, 0.2) is 58.3 Å². The number of hydrogen-bond acceptors (Lipinski definition) is 4. The van der Waals surface area contributed by atoms with Gasteiger partial charge in [0, 0.05) is 23.0 Å². The van der Waals surface area contributed by atoms with E-state index in [1.165, 1.54) is 48.5 Å². The summed E-state index contributed by atoms with van der Waals surface area (Å²) in [6.45, 7) is -0.251. The molecule has 0 aromatic heterocycles. The molecule has 0 saturated carbocycles. The molecule has 0 aliphatic heterocycles. The van der Waals surface area contributed by atoms with Crippen molar-refractivity contribution in [3.8, 4) is 0 Å². The highest BCUT2D eigenvalue weighted by atomic mass is 35.5. The molecule has 5 nitrogen and oxygen atoms in total. The van der Waals surface area contributed by atoms with E-state index in [2.05, 4.69) is 10.0 Å². The summed E-state index contributed by atoms with van der Waals surface area (Å²) in [6, 6.07) is 10.9. The zero-order valence-electron chi connectivity index (χ0n) is 13.6. The number of benzene rings is 2. The van der Waals surface area contributed by atoms with Crippen molar-refractivity contribution in [2.75, 3.05) is 13.1 Å². The Morgan fingerprint density at radius 1 is 1.07 bits per heavy atom. The molecule has 0 unspecified atom stereocenters. The number of carbonyl (C=O) groups is 1. The van der Waals surface area contributed by atoms with Gasteiger partial charge in [0.15, 0.2) is 0 Å². The van der Waals surface area contributed by atoms with Gasteiger partial charge in [0.25, 0.3) is 5.91 Å². The van der Waals surface area contributed by atoms with E-state index in [9.17, 15) is 26.4 Å². The lowest BCUT2D eigenvalue weighted by molar-refractivity contribution is -0.0328. The number of carbonyl (C=O) groups excluding carboxylic acids is 1. The monoisotopic (exact) mass is 438 g/mol. The fourth-order valence-corrected chi connectivity index (χ4v) is 4.04. The highest BCUT2D eigenvalue weighted by Gasteiger charge is 2.31. The molecule has 1 amide bonds. The summed E-state index contributed by atoms with van der Waals surface area (Å²) in [6.07, 6.45) is 0. The molecule has 2 aromatic carbocycles. The topological polar surface area (TPSA) is 75.3 Å². The first-order valence-corrected chi connectivity index (χ1v) is 10.1. The van der Waals surface area contributed by atoms with Crippen molar-refractivity contribution in [1.82, 2.24) is 10.0 Å². The second-order valence-electron chi connectivity index (χ2n) is 5.16. The second-order valence-corrected chi connectivity index (χ2v) is 8.47. The van der Waals surface area contributed by atoms with E-state index in [0.717, 1.165) is 0 Å². The first kappa shape index (κ1) is 21.5. The Kier molecular flexibility index (Phi) is 7.15. The Balaban J connectivity index is 1.94. The Morgan fingerprint density at radius 2 is 1.78 bits per heavy atom. The van der Waals surface area contributed by atoms with Crippen LogP contribution >= 0.6 is 23.4 Å². The number of amides is 1. The van der Waals surface area contributed by atoms with Gasteiger partial charge >= 0.3 is 5.51 Å². The summed E-state index contributed by atoms with van der Waals surface area (Å²) in [5.74, 6) is -0.732. The first-order valence-electron chi connectivity index (χ1n) is 7.47. The predicted molar refractivity (Wildman–Crippen MR) is 97.3 cm³/mol. The Labute approximate surface area is 163 Å². The minimum Gasteiger partial charge on any atom is -0.351 e. The van der Waals surface area contributed by atoms with E-state index in [4.69, 9.17) is 11.6 Å². The van der Waals surface area contributed by atoms with Gasteiger partial charge in [-0.25, -0.2) is 13.1 Å². The van der Waals surface area contributed by atoms with Gasteiger partial charge in [-0.05, 0) is 42.1 Å². The molecule has 0 fully saturated rings. The molecule has 2 N–H and O–H groups in total. The zero-order chi connectivity index (χ0) is 20.1. The molecule has 0 bridgehead atoms. The van der Waals surface area contributed by atoms with Crippen LogP contribution in [0.4, 0.5) is 13.2 Å². The number of nitrogens with one attached hydrogen (secondary N) is 2. The predicted octanol–water partition coefficient (Wildman–Crippen LogP) is 3.66. The third-order valence-corrected chi connectivity index (χ3v) is 5.67. The van der Waals surface area contributed by atoms with E-state index in [1.807, 2.05) is 0 Å². The largest absolute Gasteiger partial charge is 0.446 e. The van der Waals surface area contributed by atoms with E-state index < -0.39 is 21.4 Å². The van der Waals surface area contributed by atoms with E-state index in [-0.39, 0.29) is 45.2 Å². The van der Waals surface area contributed by atoms with Crippen molar-refractivity contribution >= 4 is 39.3 Å². The van der Waals surface area contributed by atoms with Crippen molar-refractivity contribution in [1.29, 1.82) is 0 Å². The van der Waals surface area contributed by atoms with Crippen LogP contribution in [0.3, 0.4) is 0 Å². The molecule has 11 heteroatoms. The molecule has 0 spiro atoms. The van der Waals surface area contributed by atoms with Crippen LogP contribution in [0.5, 0.6) is 0 Å². The lowest BCUT2D eigenvalue weighted by Gasteiger charge is -2.12. The number of sulfonamides is 1. The van der Waals surface area contributed by atoms with Crippen LogP contribution in [0.1, 0.15) is 10.4 Å². The normalized spacial score (nSPS) is 12.0. The summed E-state index contributed by atoms with van der Waals surface area (Å²) < 4.78 is 64.1. The number of hydrogen-bond donors (Lipinski definition) is 2. The lowest BCUT2D eigenvalue weighted by Crippen LogP contribution is -2.34. The Morgan fingerprint density at radius 3 is 2.44 bits per heavy atom. The van der Waals surface area contributed by atoms with Crippen LogP contribution in [0.25, 0.3) is 0 Å². The molecule has 0 saturated heterocycles. The van der Waals surface area contributed by atoms with E-state index >= 15 is 0 Å². The van der Waals surface area contributed by atoms with Crippen molar-refractivity contribution in [2.45, 2.75) is 15.3 Å². The van der Waals surface area contributed by atoms with Crippen LogP contribution in [-0.2, 0) is 10.0 Å². The fourth-order valence-electron chi connectivity index (χ4n) is 2.04. The Bertz CT molecular complexity index is 921. The third-order valence-electron chi connectivity index (χ3n) is 3.17. The van der Waals surface area contributed by atoms with E-state index in [1.54, 1.807) is 0 Å². The van der Waals surface area contributed by atoms with Gasteiger partial charge in [-0.2, -0.15) is 13.2 Å². The smallest absolute Gasteiger partial charge is 0.351 e. The maximum atomic E-state index is 12.6. The molecule has 0 aliphatic rings. The molecule has 146 valence electrons. The summed E-state index contributed by atoms with van der Waals surface area (Å²) in [7, 11) is -3.82. The molecule has 2 aromatic rings. The van der Waals surface area contributed by atoms with Gasteiger partial charge in [0.1, 0.15) is 0 Å². The second kappa shape index (κ2) is 8.96. The summed E-state index contributed by atoms with van der Waals surface area (Å²) in [5.41, 5.74) is -4.67. The molecule has 0 aliphatic carbocycles. The van der Waals surface area contributed by atoms with Gasteiger partial charge in [0.05, 0.1) is 10.5 Å². The van der Waals surface area contributed by atoms with Crippen LogP contribution < -0.4 is 10.0 Å². The quantitative estimate of drug-likeness (QED) is 0.511. The number of rotatable bonds is 7. The van der Waals surface area contributed by atoms with Gasteiger partial charge in [0.2, 0.25) is 10.0 Å². The minimum absolute atomic E-state index is 0.0340.